The highest BCUT2D eigenvalue weighted by Gasteiger charge is 2.27. The maximum absolute atomic E-state index is 13.7. The van der Waals surface area contributed by atoms with Crippen LogP contribution in [-0.2, 0) is 19.5 Å². The van der Waals surface area contributed by atoms with Crippen molar-refractivity contribution in [3.05, 3.63) is 52.9 Å². The number of fused-ring (bicyclic) bond motifs is 1. The molecule has 0 spiro atoms. The van der Waals surface area contributed by atoms with E-state index in [0.29, 0.717) is 24.3 Å². The summed E-state index contributed by atoms with van der Waals surface area (Å²) in [5.41, 5.74) is 1.54. The van der Waals surface area contributed by atoms with Gasteiger partial charge in [-0.3, -0.25) is 9.59 Å². The van der Waals surface area contributed by atoms with E-state index in [-0.39, 0.29) is 24.1 Å². The summed E-state index contributed by atoms with van der Waals surface area (Å²) in [6.07, 6.45) is 3.46. The Morgan fingerprint density at radius 1 is 1.19 bits per heavy atom. The molecule has 1 aliphatic heterocycles. The van der Waals surface area contributed by atoms with Gasteiger partial charge in [0.25, 0.3) is 11.8 Å². The van der Waals surface area contributed by atoms with Crippen molar-refractivity contribution in [1.82, 2.24) is 20.2 Å². The minimum atomic E-state index is -0.397. The van der Waals surface area contributed by atoms with Crippen LogP contribution >= 0.6 is 0 Å². The van der Waals surface area contributed by atoms with Crippen LogP contribution < -0.4 is 10.6 Å². The lowest BCUT2D eigenvalue weighted by atomic mass is 10.1. The minimum Gasteiger partial charge on any atom is -0.351 e. The van der Waals surface area contributed by atoms with Crippen LogP contribution in [0.25, 0.3) is 0 Å². The van der Waals surface area contributed by atoms with Gasteiger partial charge in [0, 0.05) is 25.2 Å². The van der Waals surface area contributed by atoms with Gasteiger partial charge in [-0.25, -0.2) is 9.37 Å². The molecule has 2 N–H and O–H groups in total. The van der Waals surface area contributed by atoms with Crippen LogP contribution in [-0.4, -0.2) is 27.9 Å². The fourth-order valence-electron chi connectivity index (χ4n) is 3.12. The summed E-state index contributed by atoms with van der Waals surface area (Å²) in [5, 5.41) is 5.53. The van der Waals surface area contributed by atoms with E-state index in [1.807, 2.05) is 11.5 Å². The second-order valence-corrected chi connectivity index (χ2v) is 6.37. The van der Waals surface area contributed by atoms with Crippen molar-refractivity contribution < 1.29 is 14.0 Å². The first kappa shape index (κ1) is 18.1. The van der Waals surface area contributed by atoms with Gasteiger partial charge in [0.05, 0.1) is 5.69 Å². The number of benzene rings is 1. The molecule has 1 aromatic carbocycles. The highest BCUT2D eigenvalue weighted by molar-refractivity contribution is 5.97. The molecule has 0 saturated heterocycles. The monoisotopic (exact) mass is 358 g/mol. The lowest BCUT2D eigenvalue weighted by molar-refractivity contribution is 0.0934. The van der Waals surface area contributed by atoms with Crippen LogP contribution in [0.5, 0.6) is 0 Å². The number of hydrogen-bond donors (Lipinski definition) is 2. The van der Waals surface area contributed by atoms with E-state index >= 15 is 0 Å². The third kappa shape index (κ3) is 3.76. The Labute approximate surface area is 151 Å². The van der Waals surface area contributed by atoms with E-state index in [1.165, 1.54) is 6.07 Å². The molecule has 6 nitrogen and oxygen atoms in total. The lowest BCUT2D eigenvalue weighted by Gasteiger charge is -2.17. The van der Waals surface area contributed by atoms with Gasteiger partial charge in [-0.1, -0.05) is 25.1 Å². The Morgan fingerprint density at radius 2 is 2.00 bits per heavy atom. The molecule has 1 aliphatic rings. The first-order valence-electron chi connectivity index (χ1n) is 9.01. The topological polar surface area (TPSA) is 76.0 Å². The average Bonchev–Trinajstić information content (AvgIpc) is 3.05. The maximum Gasteiger partial charge on any atom is 0.287 e. The standard InChI is InChI=1S/C19H23FN4O2/c1-2-10-21-18(25)16-15-9-5-6-11-24(15)17(23-16)19(26)22-12-13-7-3-4-8-14(13)20/h3-4,7-8H,2,5-6,9-12H2,1H3,(H,21,25)(H,22,26). The van der Waals surface area contributed by atoms with Crippen molar-refractivity contribution in [2.24, 2.45) is 0 Å². The number of carbonyl (C=O) groups excluding carboxylic acids is 2. The van der Waals surface area contributed by atoms with E-state index in [9.17, 15) is 14.0 Å². The molecule has 0 bridgehead atoms. The highest BCUT2D eigenvalue weighted by Crippen LogP contribution is 2.21. The molecule has 3 rings (SSSR count). The molecular weight excluding hydrogens is 335 g/mol. The molecule has 26 heavy (non-hydrogen) atoms. The van der Waals surface area contributed by atoms with Gasteiger partial charge < -0.3 is 15.2 Å². The molecule has 7 heteroatoms. The molecule has 2 amide bonds. The second-order valence-electron chi connectivity index (χ2n) is 6.37. The third-order valence-electron chi connectivity index (χ3n) is 4.47. The summed E-state index contributed by atoms with van der Waals surface area (Å²) in [7, 11) is 0. The number of halogens is 1. The molecular formula is C19H23FN4O2. The van der Waals surface area contributed by atoms with Crippen LogP contribution in [0.2, 0.25) is 0 Å². The van der Waals surface area contributed by atoms with Crippen LogP contribution in [0, 0.1) is 5.82 Å². The van der Waals surface area contributed by atoms with Gasteiger partial charge >= 0.3 is 0 Å². The van der Waals surface area contributed by atoms with E-state index in [1.54, 1.807) is 18.2 Å². The maximum atomic E-state index is 13.7. The molecule has 1 aromatic heterocycles. The van der Waals surface area contributed by atoms with Crippen molar-refractivity contribution in [3.8, 4) is 0 Å². The number of rotatable bonds is 6. The van der Waals surface area contributed by atoms with Gasteiger partial charge in [-0.2, -0.15) is 0 Å². The quantitative estimate of drug-likeness (QED) is 0.833. The number of imidazole rings is 1. The lowest BCUT2D eigenvalue weighted by Crippen LogP contribution is -2.28. The van der Waals surface area contributed by atoms with Gasteiger partial charge in [-0.15, -0.1) is 0 Å². The van der Waals surface area contributed by atoms with E-state index in [4.69, 9.17) is 0 Å². The number of aromatic nitrogens is 2. The molecule has 0 radical (unpaired) electrons. The highest BCUT2D eigenvalue weighted by atomic mass is 19.1. The van der Waals surface area contributed by atoms with Crippen LogP contribution in [0.4, 0.5) is 4.39 Å². The fourth-order valence-corrected chi connectivity index (χ4v) is 3.12. The first-order chi connectivity index (χ1) is 12.6. The summed E-state index contributed by atoms with van der Waals surface area (Å²) in [6.45, 7) is 3.28. The zero-order valence-electron chi connectivity index (χ0n) is 14.8. The van der Waals surface area contributed by atoms with Gasteiger partial charge in [0.2, 0.25) is 0 Å². The summed E-state index contributed by atoms with van der Waals surface area (Å²) in [6, 6.07) is 6.31. The summed E-state index contributed by atoms with van der Waals surface area (Å²) >= 11 is 0. The van der Waals surface area contributed by atoms with Crippen molar-refractivity contribution >= 4 is 11.8 Å². The zero-order chi connectivity index (χ0) is 18.5. The largest absolute Gasteiger partial charge is 0.351 e. The molecule has 0 atom stereocenters. The third-order valence-corrected chi connectivity index (χ3v) is 4.47. The summed E-state index contributed by atoms with van der Waals surface area (Å²) in [5.74, 6) is -0.785. The van der Waals surface area contributed by atoms with Crippen molar-refractivity contribution in [2.45, 2.75) is 45.7 Å². The fraction of sp³-hybridized carbons (Fsp3) is 0.421. The Balaban J connectivity index is 1.80. The Morgan fingerprint density at radius 3 is 2.77 bits per heavy atom. The first-order valence-corrected chi connectivity index (χ1v) is 9.01. The smallest absolute Gasteiger partial charge is 0.287 e. The van der Waals surface area contributed by atoms with Crippen LogP contribution in [0.1, 0.15) is 58.6 Å². The van der Waals surface area contributed by atoms with Gasteiger partial charge in [0.15, 0.2) is 5.82 Å². The second kappa shape index (κ2) is 8.12. The number of nitrogens with zero attached hydrogens (tertiary/aromatic N) is 2. The van der Waals surface area contributed by atoms with Crippen molar-refractivity contribution in [3.63, 3.8) is 0 Å². The summed E-state index contributed by atoms with van der Waals surface area (Å²) < 4.78 is 15.5. The summed E-state index contributed by atoms with van der Waals surface area (Å²) in [4.78, 5) is 29.3. The van der Waals surface area contributed by atoms with Crippen molar-refractivity contribution in [2.75, 3.05) is 6.54 Å². The molecule has 2 heterocycles. The minimum absolute atomic E-state index is 0.0745. The molecule has 0 saturated carbocycles. The normalized spacial score (nSPS) is 13.2. The molecule has 138 valence electrons. The van der Waals surface area contributed by atoms with Crippen molar-refractivity contribution in [1.29, 1.82) is 0 Å². The predicted octanol–water partition coefficient (Wildman–Crippen LogP) is 2.43. The molecule has 0 unspecified atom stereocenters. The Bertz CT molecular complexity index is 816. The Kier molecular flexibility index (Phi) is 5.65. The van der Waals surface area contributed by atoms with E-state index in [2.05, 4.69) is 15.6 Å². The predicted molar refractivity (Wildman–Crippen MR) is 95.4 cm³/mol. The Hall–Kier alpha value is -2.70. The molecule has 2 aromatic rings. The van der Waals surface area contributed by atoms with E-state index in [0.717, 1.165) is 31.4 Å². The zero-order valence-corrected chi connectivity index (χ0v) is 14.8. The average molecular weight is 358 g/mol. The number of carbonyl (C=O) groups is 2. The molecule has 0 fully saturated rings. The number of amides is 2. The van der Waals surface area contributed by atoms with Gasteiger partial charge in [-0.05, 0) is 31.7 Å². The molecule has 0 aliphatic carbocycles. The van der Waals surface area contributed by atoms with Crippen LogP contribution in [0.15, 0.2) is 24.3 Å². The van der Waals surface area contributed by atoms with Crippen LogP contribution in [0.3, 0.4) is 0 Å². The van der Waals surface area contributed by atoms with E-state index < -0.39 is 5.91 Å². The van der Waals surface area contributed by atoms with Gasteiger partial charge in [0.1, 0.15) is 11.5 Å². The number of hydrogen-bond acceptors (Lipinski definition) is 3. The SMILES string of the molecule is CCCNC(=O)c1nc(C(=O)NCc2ccccc2F)n2c1CCCC2. The number of nitrogens with one attached hydrogen (secondary N) is 2.